The summed E-state index contributed by atoms with van der Waals surface area (Å²) in [5, 5.41) is 3.48. The molecule has 1 aliphatic carbocycles. The molecule has 1 fully saturated rings. The van der Waals surface area contributed by atoms with Crippen molar-refractivity contribution in [3.63, 3.8) is 0 Å². The predicted molar refractivity (Wildman–Crippen MR) is 110 cm³/mol. The molecule has 0 unspecified atom stereocenters. The number of nitrogens with one attached hydrogen (secondary N) is 1. The molecule has 1 aliphatic rings. The van der Waals surface area contributed by atoms with E-state index in [1.165, 1.54) is 23.3 Å². The zero-order chi connectivity index (χ0) is 17.8. The van der Waals surface area contributed by atoms with Crippen LogP contribution in [-0.4, -0.2) is 24.5 Å². The van der Waals surface area contributed by atoms with Crippen molar-refractivity contribution in [2.75, 3.05) is 13.6 Å². The van der Waals surface area contributed by atoms with Crippen LogP contribution in [0.4, 0.5) is 8.78 Å². The monoisotopic (exact) mass is 412 g/mol. The topological polar surface area (TPSA) is 15.3 Å². The van der Waals surface area contributed by atoms with Crippen LogP contribution >= 0.6 is 24.8 Å². The Morgan fingerprint density at radius 1 is 1.07 bits per heavy atom. The van der Waals surface area contributed by atoms with Crippen LogP contribution < -0.4 is 5.32 Å². The Kier molecular flexibility index (Phi) is 9.21. The van der Waals surface area contributed by atoms with Crippen molar-refractivity contribution in [2.24, 2.45) is 0 Å². The second-order valence-corrected chi connectivity index (χ2v) is 6.70. The molecule has 1 saturated carbocycles. The minimum Gasteiger partial charge on any atom is -0.309 e. The Labute approximate surface area is 172 Å². The highest BCUT2D eigenvalue weighted by Gasteiger charge is 2.38. The Balaban J connectivity index is 0.00000182. The van der Waals surface area contributed by atoms with Crippen LogP contribution in [0.15, 0.2) is 42.5 Å². The highest BCUT2D eigenvalue weighted by Crippen LogP contribution is 2.41. The average molecular weight is 413 g/mol. The van der Waals surface area contributed by atoms with E-state index in [2.05, 4.69) is 40.4 Å². The second-order valence-electron chi connectivity index (χ2n) is 6.70. The lowest BCUT2D eigenvalue weighted by molar-refractivity contribution is 0.369. The lowest BCUT2D eigenvalue weighted by Crippen LogP contribution is -2.18. The van der Waals surface area contributed by atoms with Gasteiger partial charge in [0, 0.05) is 25.0 Å². The third-order valence-corrected chi connectivity index (χ3v) is 4.57. The summed E-state index contributed by atoms with van der Waals surface area (Å²) in [6.07, 6.45) is 6.27. The van der Waals surface area contributed by atoms with Crippen LogP contribution in [0.25, 0.3) is 0 Å². The van der Waals surface area contributed by atoms with E-state index in [0.717, 1.165) is 25.1 Å². The van der Waals surface area contributed by atoms with Crippen LogP contribution in [0.2, 0.25) is 0 Å². The molecule has 27 heavy (non-hydrogen) atoms. The zero-order valence-corrected chi connectivity index (χ0v) is 16.8. The van der Waals surface area contributed by atoms with E-state index in [-0.39, 0.29) is 30.7 Å². The first-order valence-corrected chi connectivity index (χ1v) is 8.45. The third kappa shape index (κ3) is 6.48. The molecule has 2 aromatic rings. The summed E-state index contributed by atoms with van der Waals surface area (Å²) in [7, 11) is 2.00. The van der Waals surface area contributed by atoms with E-state index in [4.69, 9.17) is 6.42 Å². The molecule has 0 heterocycles. The van der Waals surface area contributed by atoms with Crippen LogP contribution in [-0.2, 0) is 13.1 Å². The summed E-state index contributed by atoms with van der Waals surface area (Å²) in [4.78, 5) is 2.09. The number of benzene rings is 2. The number of terminal acetylenes is 1. The van der Waals surface area contributed by atoms with E-state index in [1.54, 1.807) is 6.07 Å². The van der Waals surface area contributed by atoms with Crippen molar-refractivity contribution < 1.29 is 8.78 Å². The smallest absolute Gasteiger partial charge is 0.159 e. The lowest BCUT2D eigenvalue weighted by Gasteiger charge is -2.13. The summed E-state index contributed by atoms with van der Waals surface area (Å²) in [5.74, 6) is 1.34. The van der Waals surface area contributed by atoms with Gasteiger partial charge >= 0.3 is 0 Å². The third-order valence-electron chi connectivity index (χ3n) is 4.57. The number of halogens is 4. The minimum absolute atomic E-state index is 0. The largest absolute Gasteiger partial charge is 0.309 e. The van der Waals surface area contributed by atoms with Crippen molar-refractivity contribution in [2.45, 2.75) is 31.5 Å². The molecule has 2 atom stereocenters. The van der Waals surface area contributed by atoms with Crippen molar-refractivity contribution in [1.82, 2.24) is 10.2 Å². The molecule has 0 saturated heterocycles. The maximum absolute atomic E-state index is 13.3. The molecule has 0 bridgehead atoms. The number of rotatable bonds is 7. The fourth-order valence-corrected chi connectivity index (χ4v) is 3.07. The summed E-state index contributed by atoms with van der Waals surface area (Å²) in [5.41, 5.74) is 3.30. The lowest BCUT2D eigenvalue weighted by atomic mass is 10.1. The Morgan fingerprint density at radius 3 is 2.37 bits per heavy atom. The van der Waals surface area contributed by atoms with Gasteiger partial charge in [-0.3, -0.25) is 4.90 Å². The first-order valence-electron chi connectivity index (χ1n) is 8.45. The molecular weight excluding hydrogens is 389 g/mol. The molecule has 1 N–H and O–H groups in total. The molecule has 3 rings (SSSR count). The van der Waals surface area contributed by atoms with Crippen molar-refractivity contribution in [3.05, 3.63) is 70.8 Å². The van der Waals surface area contributed by atoms with Gasteiger partial charge in [-0.15, -0.1) is 31.2 Å². The van der Waals surface area contributed by atoms with Crippen LogP contribution in [0, 0.1) is 24.0 Å². The van der Waals surface area contributed by atoms with Gasteiger partial charge in [0.1, 0.15) is 0 Å². The van der Waals surface area contributed by atoms with Crippen molar-refractivity contribution in [1.29, 1.82) is 0 Å². The van der Waals surface area contributed by atoms with Crippen LogP contribution in [0.1, 0.15) is 29.0 Å². The first-order chi connectivity index (χ1) is 12.1. The molecule has 0 radical (unpaired) electrons. The van der Waals surface area contributed by atoms with Gasteiger partial charge in [0.15, 0.2) is 11.6 Å². The highest BCUT2D eigenvalue weighted by molar-refractivity contribution is 5.85. The fourth-order valence-electron chi connectivity index (χ4n) is 3.07. The Hall–Kier alpha value is -1.64. The van der Waals surface area contributed by atoms with Gasteiger partial charge in [-0.2, -0.15) is 0 Å². The maximum atomic E-state index is 13.3. The number of hydrogen-bond acceptors (Lipinski definition) is 2. The molecule has 0 amide bonds. The fraction of sp³-hybridized carbons (Fsp3) is 0.333. The first kappa shape index (κ1) is 23.4. The van der Waals surface area contributed by atoms with Crippen molar-refractivity contribution >= 4 is 24.8 Å². The molecule has 6 heteroatoms. The molecule has 146 valence electrons. The normalized spacial score (nSPS) is 17.6. The van der Waals surface area contributed by atoms with Crippen LogP contribution in [0.3, 0.4) is 0 Å². The van der Waals surface area contributed by atoms with E-state index >= 15 is 0 Å². The molecule has 0 aromatic heterocycles. The Bertz CT molecular complexity index is 775. The molecule has 0 spiro atoms. The van der Waals surface area contributed by atoms with Gasteiger partial charge < -0.3 is 5.32 Å². The zero-order valence-electron chi connectivity index (χ0n) is 15.1. The summed E-state index contributed by atoms with van der Waals surface area (Å²) >= 11 is 0. The van der Waals surface area contributed by atoms with Crippen LogP contribution in [0.5, 0.6) is 0 Å². The van der Waals surface area contributed by atoms with Gasteiger partial charge in [0.25, 0.3) is 0 Å². The summed E-state index contributed by atoms with van der Waals surface area (Å²) in [6.45, 7) is 2.24. The van der Waals surface area contributed by atoms with Crippen molar-refractivity contribution in [3.8, 4) is 12.3 Å². The van der Waals surface area contributed by atoms with E-state index < -0.39 is 11.6 Å². The predicted octanol–water partition coefficient (Wildman–Crippen LogP) is 4.52. The van der Waals surface area contributed by atoms with Gasteiger partial charge in [-0.1, -0.05) is 36.3 Å². The van der Waals surface area contributed by atoms with Gasteiger partial charge in [-0.05, 0) is 42.3 Å². The highest BCUT2D eigenvalue weighted by atomic mass is 35.5. The standard InChI is InChI=1S/C21H22F2N2.2ClH/c1-3-10-25(2)14-16-6-4-15(5-7-16)13-24-21-12-18(21)17-8-9-19(22)20(23)11-17;;/h1,4-9,11,18,21,24H,10,12-14H2,2H3;2*1H/t18-,21+;;/m0../s1. The average Bonchev–Trinajstić information content (AvgIpc) is 3.37. The minimum atomic E-state index is -0.790. The van der Waals surface area contributed by atoms with E-state index in [0.29, 0.717) is 12.6 Å². The van der Waals surface area contributed by atoms with Gasteiger partial charge in [-0.25, -0.2) is 8.78 Å². The maximum Gasteiger partial charge on any atom is 0.159 e. The Morgan fingerprint density at radius 2 is 1.74 bits per heavy atom. The molecule has 0 aliphatic heterocycles. The van der Waals surface area contributed by atoms with E-state index in [9.17, 15) is 8.78 Å². The summed E-state index contributed by atoms with van der Waals surface area (Å²) < 4.78 is 26.3. The molecule has 2 aromatic carbocycles. The molecule has 2 nitrogen and oxygen atoms in total. The molecular formula is C21H24Cl2F2N2. The van der Waals surface area contributed by atoms with E-state index in [1.807, 2.05) is 7.05 Å². The number of hydrogen-bond donors (Lipinski definition) is 1. The second kappa shape index (κ2) is 10.6. The van der Waals surface area contributed by atoms with Gasteiger partial charge in [0.2, 0.25) is 0 Å². The van der Waals surface area contributed by atoms with Gasteiger partial charge in [0.05, 0.1) is 6.54 Å². The SMILES string of the molecule is C#CCN(C)Cc1ccc(CN[C@@H]2C[C@H]2c2ccc(F)c(F)c2)cc1.Cl.Cl. The summed E-state index contributed by atoms with van der Waals surface area (Å²) in [6, 6.07) is 13.0. The number of nitrogens with zero attached hydrogens (tertiary/aromatic N) is 1. The quantitative estimate of drug-likeness (QED) is 0.672.